The van der Waals surface area contributed by atoms with Gasteiger partial charge in [-0.25, -0.2) is 14.8 Å². The first kappa shape index (κ1) is 14.0. The highest BCUT2D eigenvalue weighted by Gasteiger charge is 2.18. The summed E-state index contributed by atoms with van der Waals surface area (Å²) in [5.41, 5.74) is 0.355. The van der Waals surface area contributed by atoms with Crippen molar-refractivity contribution < 1.29 is 14.3 Å². The first-order valence-corrected chi connectivity index (χ1v) is 6.39. The minimum atomic E-state index is -1.08. The fourth-order valence-corrected chi connectivity index (χ4v) is 1.78. The van der Waals surface area contributed by atoms with E-state index in [2.05, 4.69) is 15.3 Å². The summed E-state index contributed by atoms with van der Waals surface area (Å²) in [5.74, 6) is 0.223. The number of carboxylic acids is 1. The lowest BCUT2D eigenvalue weighted by Gasteiger charge is -2.15. The second kappa shape index (κ2) is 5.73. The minimum absolute atomic E-state index is 0.0258. The van der Waals surface area contributed by atoms with E-state index in [1.807, 2.05) is 26.8 Å². The van der Waals surface area contributed by atoms with Crippen molar-refractivity contribution in [3.63, 3.8) is 0 Å². The Morgan fingerprint density at radius 1 is 1.40 bits per heavy atom. The maximum atomic E-state index is 11.3. The molecule has 0 aliphatic heterocycles. The van der Waals surface area contributed by atoms with Gasteiger partial charge in [0.1, 0.15) is 11.6 Å². The number of anilines is 1. The molecule has 2 heterocycles. The third kappa shape index (κ3) is 2.96. The van der Waals surface area contributed by atoms with Crippen LogP contribution < -0.4 is 5.32 Å². The Morgan fingerprint density at radius 3 is 2.70 bits per heavy atom. The van der Waals surface area contributed by atoms with Gasteiger partial charge in [-0.05, 0) is 19.1 Å². The van der Waals surface area contributed by atoms with Crippen LogP contribution in [0.5, 0.6) is 0 Å². The smallest absolute Gasteiger partial charge is 0.356 e. The number of carboxylic acid groups (broad SMARTS) is 1. The van der Waals surface area contributed by atoms with Crippen LogP contribution in [0.3, 0.4) is 0 Å². The third-order valence-corrected chi connectivity index (χ3v) is 2.87. The number of furan rings is 1. The Kier molecular flexibility index (Phi) is 4.02. The lowest BCUT2D eigenvalue weighted by molar-refractivity contribution is 0.0691. The number of nitrogens with zero attached hydrogens (tertiary/aromatic N) is 2. The second-order valence-corrected chi connectivity index (χ2v) is 4.83. The van der Waals surface area contributed by atoms with Gasteiger partial charge in [-0.3, -0.25) is 0 Å². The van der Waals surface area contributed by atoms with E-state index < -0.39 is 5.97 Å². The molecule has 0 fully saturated rings. The van der Waals surface area contributed by atoms with E-state index in [-0.39, 0.29) is 17.7 Å². The van der Waals surface area contributed by atoms with Gasteiger partial charge in [0.2, 0.25) is 0 Å². The third-order valence-electron chi connectivity index (χ3n) is 2.87. The van der Waals surface area contributed by atoms with Crippen LogP contribution in [0, 0.1) is 0 Å². The monoisotopic (exact) mass is 275 g/mol. The van der Waals surface area contributed by atoms with E-state index in [9.17, 15) is 9.90 Å². The van der Waals surface area contributed by atoms with Gasteiger partial charge in [0, 0.05) is 5.92 Å². The predicted octanol–water partition coefficient (Wildman–Crippen LogP) is 3.06. The molecule has 0 aliphatic carbocycles. The second-order valence-electron chi connectivity index (χ2n) is 4.83. The quantitative estimate of drug-likeness (QED) is 0.871. The Labute approximate surface area is 116 Å². The molecule has 20 heavy (non-hydrogen) atoms. The molecule has 1 unspecified atom stereocenters. The molecule has 0 saturated heterocycles. The van der Waals surface area contributed by atoms with E-state index in [1.54, 1.807) is 12.3 Å². The molecule has 2 N–H and O–H groups in total. The molecule has 2 aromatic heterocycles. The van der Waals surface area contributed by atoms with Crippen LogP contribution in [0.15, 0.2) is 29.0 Å². The average molecular weight is 275 g/mol. The number of hydrogen-bond acceptors (Lipinski definition) is 5. The summed E-state index contributed by atoms with van der Waals surface area (Å²) in [4.78, 5) is 19.6. The van der Waals surface area contributed by atoms with Crippen molar-refractivity contribution in [2.24, 2.45) is 0 Å². The zero-order chi connectivity index (χ0) is 14.7. The van der Waals surface area contributed by atoms with Crippen molar-refractivity contribution in [1.82, 2.24) is 9.97 Å². The topological polar surface area (TPSA) is 88.2 Å². The van der Waals surface area contributed by atoms with E-state index in [4.69, 9.17) is 4.42 Å². The molecule has 0 saturated carbocycles. The average Bonchev–Trinajstić information content (AvgIpc) is 2.92. The number of nitrogens with one attached hydrogen (secondary N) is 1. The fraction of sp³-hybridized carbons (Fsp3) is 0.357. The first-order valence-electron chi connectivity index (χ1n) is 6.39. The van der Waals surface area contributed by atoms with Crippen LogP contribution in [0.1, 0.15) is 54.8 Å². The van der Waals surface area contributed by atoms with Crippen molar-refractivity contribution >= 4 is 11.7 Å². The van der Waals surface area contributed by atoms with Crippen LogP contribution in [-0.4, -0.2) is 21.0 Å². The molecule has 0 aliphatic rings. The molecule has 1 atom stereocenters. The Morgan fingerprint density at radius 2 is 2.15 bits per heavy atom. The van der Waals surface area contributed by atoms with Gasteiger partial charge in [-0.15, -0.1) is 0 Å². The summed E-state index contributed by atoms with van der Waals surface area (Å²) in [6.45, 7) is 5.71. The van der Waals surface area contributed by atoms with Gasteiger partial charge in [0.05, 0.1) is 24.2 Å². The van der Waals surface area contributed by atoms with Crippen LogP contribution >= 0.6 is 0 Å². The molecule has 0 amide bonds. The normalized spacial score (nSPS) is 12.4. The summed E-state index contributed by atoms with van der Waals surface area (Å²) in [5, 5.41) is 12.3. The maximum Gasteiger partial charge on any atom is 0.356 e. The summed E-state index contributed by atoms with van der Waals surface area (Å²) in [6, 6.07) is 3.43. The summed E-state index contributed by atoms with van der Waals surface area (Å²) < 4.78 is 5.28. The van der Waals surface area contributed by atoms with Gasteiger partial charge >= 0.3 is 5.97 Å². The Hall–Kier alpha value is -2.37. The van der Waals surface area contributed by atoms with E-state index in [1.165, 1.54) is 6.20 Å². The minimum Gasteiger partial charge on any atom is -0.476 e. The maximum absolute atomic E-state index is 11.3. The lowest BCUT2D eigenvalue weighted by Crippen LogP contribution is -2.14. The number of aromatic carboxylic acids is 1. The molecule has 6 heteroatoms. The zero-order valence-corrected chi connectivity index (χ0v) is 11.6. The van der Waals surface area contributed by atoms with Gasteiger partial charge in [-0.1, -0.05) is 13.8 Å². The van der Waals surface area contributed by atoms with Crippen molar-refractivity contribution in [3.05, 3.63) is 41.9 Å². The number of carbonyl (C=O) groups is 1. The van der Waals surface area contributed by atoms with Gasteiger partial charge in [-0.2, -0.15) is 0 Å². The van der Waals surface area contributed by atoms with Crippen molar-refractivity contribution in [2.45, 2.75) is 32.7 Å². The molecule has 0 bridgehead atoms. The fourth-order valence-electron chi connectivity index (χ4n) is 1.78. The zero-order valence-electron chi connectivity index (χ0n) is 11.6. The Balaban J connectivity index is 2.29. The Bertz CT molecular complexity index is 594. The van der Waals surface area contributed by atoms with E-state index in [0.717, 1.165) is 0 Å². The molecule has 0 radical (unpaired) electrons. The van der Waals surface area contributed by atoms with Crippen LogP contribution in [0.4, 0.5) is 5.69 Å². The number of aromatic nitrogens is 2. The number of hydrogen-bond donors (Lipinski definition) is 2. The van der Waals surface area contributed by atoms with Gasteiger partial charge in [0.15, 0.2) is 5.69 Å². The largest absolute Gasteiger partial charge is 0.476 e. The molecule has 2 rings (SSSR count). The van der Waals surface area contributed by atoms with E-state index in [0.29, 0.717) is 17.3 Å². The molecule has 0 spiro atoms. The predicted molar refractivity (Wildman–Crippen MR) is 73.8 cm³/mol. The summed E-state index contributed by atoms with van der Waals surface area (Å²) in [6.07, 6.45) is 3.08. The van der Waals surface area contributed by atoms with Crippen molar-refractivity contribution in [2.75, 3.05) is 5.32 Å². The molecule has 0 aromatic carbocycles. The molecular formula is C14H17N3O3. The van der Waals surface area contributed by atoms with Crippen LogP contribution in [0.25, 0.3) is 0 Å². The summed E-state index contributed by atoms with van der Waals surface area (Å²) >= 11 is 0. The molecule has 6 nitrogen and oxygen atoms in total. The highest BCUT2D eigenvalue weighted by molar-refractivity contribution is 5.91. The molecule has 2 aromatic rings. The highest BCUT2D eigenvalue weighted by Crippen LogP contribution is 2.22. The van der Waals surface area contributed by atoms with Crippen LogP contribution in [0.2, 0.25) is 0 Å². The standard InChI is InChI=1S/C14H17N3O3/c1-8(2)13-15-7-10(12(17-13)14(18)19)16-9(3)11-5-4-6-20-11/h4-9,16H,1-3H3,(H,18,19). The molecule has 106 valence electrons. The van der Waals surface area contributed by atoms with Crippen molar-refractivity contribution in [3.8, 4) is 0 Å². The van der Waals surface area contributed by atoms with Crippen LogP contribution in [-0.2, 0) is 0 Å². The van der Waals surface area contributed by atoms with Crippen molar-refractivity contribution in [1.29, 1.82) is 0 Å². The lowest BCUT2D eigenvalue weighted by atomic mass is 10.2. The van der Waals surface area contributed by atoms with Gasteiger partial charge < -0.3 is 14.8 Å². The van der Waals surface area contributed by atoms with Gasteiger partial charge in [0.25, 0.3) is 0 Å². The summed E-state index contributed by atoms with van der Waals surface area (Å²) in [7, 11) is 0. The van der Waals surface area contributed by atoms with E-state index >= 15 is 0 Å². The SMILES string of the molecule is CC(C)c1ncc(NC(C)c2ccco2)c(C(=O)O)n1. The first-order chi connectivity index (χ1) is 9.49. The number of rotatable bonds is 5. The highest BCUT2D eigenvalue weighted by atomic mass is 16.4. The molecular weight excluding hydrogens is 258 g/mol.